The minimum atomic E-state index is 0.772. The van der Waals surface area contributed by atoms with E-state index in [4.69, 9.17) is 4.74 Å². The highest BCUT2D eigenvalue weighted by Crippen LogP contribution is 2.11. The summed E-state index contributed by atoms with van der Waals surface area (Å²) < 4.78 is 5.38. The van der Waals surface area contributed by atoms with Crippen LogP contribution in [0.5, 0.6) is 0 Å². The minimum absolute atomic E-state index is 0.772. The fraction of sp³-hybridized carbons (Fsp3) is 0.500. The highest BCUT2D eigenvalue weighted by molar-refractivity contribution is 9.08. The van der Waals surface area contributed by atoms with Crippen LogP contribution in [0.15, 0.2) is 24.3 Å². The number of ether oxygens (including phenoxy) is 1. The molecule has 1 aromatic carbocycles. The zero-order chi connectivity index (χ0) is 10.9. The molecule has 0 aliphatic carbocycles. The number of hydrogen-bond donors (Lipinski definition) is 1. The molecule has 84 valence electrons. The molecule has 0 heterocycles. The molecule has 0 aliphatic rings. The van der Waals surface area contributed by atoms with E-state index in [9.17, 15) is 0 Å². The highest BCUT2D eigenvalue weighted by atomic mass is 79.9. The first kappa shape index (κ1) is 12.5. The molecular weight excluding hydrogens is 254 g/mol. The number of halogens is 1. The average Bonchev–Trinajstić information content (AvgIpc) is 2.30. The smallest absolute Gasteiger partial charge is 0.0639 e. The third-order valence-corrected chi connectivity index (χ3v) is 2.68. The summed E-state index contributed by atoms with van der Waals surface area (Å²) in [4.78, 5) is 0. The molecule has 3 heteroatoms. The van der Waals surface area contributed by atoms with Crippen LogP contribution in [0.25, 0.3) is 0 Å². The van der Waals surface area contributed by atoms with Crippen molar-refractivity contribution in [2.45, 2.75) is 18.7 Å². The van der Waals surface area contributed by atoms with Gasteiger partial charge in [0, 0.05) is 24.2 Å². The summed E-state index contributed by atoms with van der Waals surface area (Å²) in [5.74, 6) is 0. The molecule has 0 radical (unpaired) electrons. The maximum atomic E-state index is 5.38. The normalized spacial score (nSPS) is 10.3. The van der Waals surface area contributed by atoms with Crippen LogP contribution in [0, 0.1) is 0 Å². The Morgan fingerprint density at radius 2 is 1.93 bits per heavy atom. The molecule has 0 aliphatic heterocycles. The zero-order valence-corrected chi connectivity index (χ0v) is 10.7. The summed E-state index contributed by atoms with van der Waals surface area (Å²) in [6.45, 7) is 4.61. The minimum Gasteiger partial charge on any atom is -0.383 e. The van der Waals surface area contributed by atoms with Gasteiger partial charge in [0.2, 0.25) is 0 Å². The van der Waals surface area contributed by atoms with E-state index in [1.54, 1.807) is 0 Å². The Morgan fingerprint density at radius 1 is 1.20 bits per heavy atom. The molecule has 0 atom stereocenters. The van der Waals surface area contributed by atoms with Crippen LogP contribution in [0.2, 0.25) is 0 Å². The number of anilines is 1. The van der Waals surface area contributed by atoms with E-state index < -0.39 is 0 Å². The molecular formula is C12H18BrNO. The van der Waals surface area contributed by atoms with Gasteiger partial charge in [-0.25, -0.2) is 0 Å². The Labute approximate surface area is 100 Å². The molecule has 0 aromatic heterocycles. The lowest BCUT2D eigenvalue weighted by Gasteiger charge is -2.07. The summed E-state index contributed by atoms with van der Waals surface area (Å²) >= 11 is 3.42. The Morgan fingerprint density at radius 3 is 2.53 bits per heavy atom. The maximum Gasteiger partial charge on any atom is 0.0639 e. The molecule has 0 saturated heterocycles. The first-order valence-corrected chi connectivity index (χ1v) is 6.45. The van der Waals surface area contributed by atoms with Gasteiger partial charge in [-0.2, -0.15) is 0 Å². The summed E-state index contributed by atoms with van der Waals surface area (Å²) in [7, 11) is 0. The first-order valence-electron chi connectivity index (χ1n) is 5.33. The van der Waals surface area contributed by atoms with Crippen molar-refractivity contribution in [3.05, 3.63) is 29.8 Å². The van der Waals surface area contributed by atoms with Crippen molar-refractivity contribution >= 4 is 21.6 Å². The quantitative estimate of drug-likeness (QED) is 0.606. The van der Waals surface area contributed by atoms with Crippen LogP contribution in [0.1, 0.15) is 18.9 Å². The predicted molar refractivity (Wildman–Crippen MR) is 68.7 cm³/mol. The van der Waals surface area contributed by atoms with Crippen molar-refractivity contribution in [2.24, 2.45) is 0 Å². The Bertz CT molecular complexity index is 261. The number of rotatable bonds is 7. The van der Waals surface area contributed by atoms with Gasteiger partial charge in [0.25, 0.3) is 0 Å². The first-order chi connectivity index (χ1) is 7.36. The van der Waals surface area contributed by atoms with Crippen molar-refractivity contribution in [3.8, 4) is 0 Å². The number of alkyl halides is 1. The molecule has 0 amide bonds. The number of benzene rings is 1. The van der Waals surface area contributed by atoms with Gasteiger partial charge >= 0.3 is 0 Å². The summed E-state index contributed by atoms with van der Waals surface area (Å²) in [6, 6.07) is 8.42. The van der Waals surface area contributed by atoms with Crippen LogP contribution >= 0.6 is 15.9 Å². The number of hydrogen-bond acceptors (Lipinski definition) is 2. The Kier molecular flexibility index (Phi) is 6.44. The third kappa shape index (κ3) is 5.19. The molecule has 0 unspecified atom stereocenters. The second-order valence-electron chi connectivity index (χ2n) is 3.37. The van der Waals surface area contributed by atoms with E-state index in [1.807, 2.05) is 0 Å². The van der Waals surface area contributed by atoms with Crippen LogP contribution in [0.3, 0.4) is 0 Å². The van der Waals surface area contributed by atoms with E-state index in [0.29, 0.717) is 0 Å². The molecule has 2 nitrogen and oxygen atoms in total. The van der Waals surface area contributed by atoms with Crippen molar-refractivity contribution in [1.29, 1.82) is 0 Å². The standard InChI is InChI=1S/C12H18BrNO/c1-2-8-15-9-7-14-12-5-3-11(10-13)4-6-12/h3-6,14H,2,7-10H2,1H3. The summed E-state index contributed by atoms with van der Waals surface area (Å²) in [5, 5.41) is 4.22. The van der Waals surface area contributed by atoms with Gasteiger partial charge in [-0.05, 0) is 24.1 Å². The second-order valence-corrected chi connectivity index (χ2v) is 3.93. The molecule has 1 N–H and O–H groups in total. The van der Waals surface area contributed by atoms with Crippen molar-refractivity contribution in [2.75, 3.05) is 25.1 Å². The van der Waals surface area contributed by atoms with E-state index >= 15 is 0 Å². The fourth-order valence-electron chi connectivity index (χ4n) is 1.23. The van der Waals surface area contributed by atoms with Gasteiger partial charge in [0.05, 0.1) is 6.61 Å². The molecule has 15 heavy (non-hydrogen) atoms. The van der Waals surface area contributed by atoms with Gasteiger partial charge in [-0.3, -0.25) is 0 Å². The number of nitrogens with one attached hydrogen (secondary N) is 1. The SMILES string of the molecule is CCCOCCNc1ccc(CBr)cc1. The van der Waals surface area contributed by atoms with E-state index in [-0.39, 0.29) is 0 Å². The Hall–Kier alpha value is -0.540. The van der Waals surface area contributed by atoms with E-state index in [1.165, 1.54) is 5.56 Å². The molecule has 0 spiro atoms. The van der Waals surface area contributed by atoms with Gasteiger partial charge in [0.1, 0.15) is 0 Å². The van der Waals surface area contributed by atoms with Gasteiger partial charge in [-0.15, -0.1) is 0 Å². The molecule has 0 fully saturated rings. The monoisotopic (exact) mass is 271 g/mol. The van der Waals surface area contributed by atoms with E-state index in [0.717, 1.165) is 37.2 Å². The summed E-state index contributed by atoms with van der Waals surface area (Å²) in [6.07, 6.45) is 1.08. The van der Waals surface area contributed by atoms with Crippen molar-refractivity contribution in [1.82, 2.24) is 0 Å². The van der Waals surface area contributed by atoms with Crippen molar-refractivity contribution < 1.29 is 4.74 Å². The molecule has 1 aromatic rings. The zero-order valence-electron chi connectivity index (χ0n) is 9.13. The van der Waals surface area contributed by atoms with Crippen LogP contribution in [-0.2, 0) is 10.1 Å². The van der Waals surface area contributed by atoms with E-state index in [2.05, 4.69) is 52.4 Å². The van der Waals surface area contributed by atoms with Crippen LogP contribution in [-0.4, -0.2) is 19.8 Å². The fourth-order valence-corrected chi connectivity index (χ4v) is 1.60. The lowest BCUT2D eigenvalue weighted by Crippen LogP contribution is -2.09. The molecule has 0 saturated carbocycles. The summed E-state index contributed by atoms with van der Waals surface area (Å²) in [5.41, 5.74) is 2.45. The lowest BCUT2D eigenvalue weighted by atomic mass is 10.2. The van der Waals surface area contributed by atoms with Crippen LogP contribution < -0.4 is 5.32 Å². The average molecular weight is 272 g/mol. The predicted octanol–water partition coefficient (Wildman–Crippen LogP) is 3.42. The topological polar surface area (TPSA) is 21.3 Å². The largest absolute Gasteiger partial charge is 0.383 e. The van der Waals surface area contributed by atoms with Gasteiger partial charge < -0.3 is 10.1 Å². The molecule has 1 rings (SSSR count). The van der Waals surface area contributed by atoms with Crippen LogP contribution in [0.4, 0.5) is 5.69 Å². The Balaban J connectivity index is 2.20. The highest BCUT2D eigenvalue weighted by Gasteiger charge is 1.92. The lowest BCUT2D eigenvalue weighted by molar-refractivity contribution is 0.144. The molecule has 0 bridgehead atoms. The van der Waals surface area contributed by atoms with Gasteiger partial charge in [-0.1, -0.05) is 35.0 Å². The van der Waals surface area contributed by atoms with Crippen molar-refractivity contribution in [3.63, 3.8) is 0 Å². The third-order valence-electron chi connectivity index (χ3n) is 2.03. The second kappa shape index (κ2) is 7.71. The maximum absolute atomic E-state index is 5.38. The van der Waals surface area contributed by atoms with Gasteiger partial charge in [0.15, 0.2) is 0 Å².